The monoisotopic (exact) mass is 378 g/mol. The van der Waals surface area contributed by atoms with Gasteiger partial charge in [0.15, 0.2) is 5.11 Å². The van der Waals surface area contributed by atoms with Gasteiger partial charge in [-0.3, -0.25) is 9.69 Å². The van der Waals surface area contributed by atoms with E-state index in [1.54, 1.807) is 12.1 Å². The van der Waals surface area contributed by atoms with E-state index in [1.807, 2.05) is 0 Å². The summed E-state index contributed by atoms with van der Waals surface area (Å²) in [7, 11) is 0. The molecule has 0 spiro atoms. The van der Waals surface area contributed by atoms with Gasteiger partial charge < -0.3 is 15.5 Å². The predicted molar refractivity (Wildman–Crippen MR) is 106 cm³/mol. The molecule has 1 saturated heterocycles. The van der Waals surface area contributed by atoms with E-state index >= 15 is 0 Å². The fourth-order valence-electron chi connectivity index (χ4n) is 3.59. The minimum absolute atomic E-state index is 0.119. The Kier molecular flexibility index (Phi) is 6.80. The van der Waals surface area contributed by atoms with Crippen molar-refractivity contribution >= 4 is 28.9 Å². The molecule has 26 heavy (non-hydrogen) atoms. The van der Waals surface area contributed by atoms with E-state index in [2.05, 4.69) is 20.4 Å². The highest BCUT2D eigenvalue weighted by Crippen LogP contribution is 2.18. The molecule has 0 aromatic heterocycles. The summed E-state index contributed by atoms with van der Waals surface area (Å²) in [5.41, 5.74) is 0.492. The molecular weight excluding hydrogens is 351 g/mol. The summed E-state index contributed by atoms with van der Waals surface area (Å²) in [6, 6.07) is 6.48. The molecule has 7 heteroatoms. The first-order valence-corrected chi connectivity index (χ1v) is 9.84. The summed E-state index contributed by atoms with van der Waals surface area (Å²) in [5, 5.41) is 7.10. The van der Waals surface area contributed by atoms with Crippen molar-refractivity contribution in [3.8, 4) is 0 Å². The Balaban J connectivity index is 1.39. The van der Waals surface area contributed by atoms with Gasteiger partial charge in [0.25, 0.3) is 0 Å². The normalized spacial score (nSPS) is 19.2. The molecule has 2 N–H and O–H groups in total. The Labute approximate surface area is 159 Å². The van der Waals surface area contributed by atoms with Crippen molar-refractivity contribution in [3.63, 3.8) is 0 Å². The van der Waals surface area contributed by atoms with Crippen LogP contribution in [-0.4, -0.2) is 59.6 Å². The lowest BCUT2D eigenvalue weighted by Gasteiger charge is -2.37. The molecule has 1 saturated carbocycles. The Hall–Kier alpha value is -1.73. The van der Waals surface area contributed by atoms with Crippen LogP contribution in [0.5, 0.6) is 0 Å². The molecule has 1 aromatic carbocycles. The molecule has 3 rings (SSSR count). The first-order chi connectivity index (χ1) is 12.6. The van der Waals surface area contributed by atoms with Gasteiger partial charge in [-0.15, -0.1) is 0 Å². The van der Waals surface area contributed by atoms with Gasteiger partial charge in [-0.1, -0.05) is 25.3 Å². The second kappa shape index (κ2) is 9.28. The number of nitrogens with zero attached hydrogens (tertiary/aromatic N) is 2. The predicted octanol–water partition coefficient (Wildman–Crippen LogP) is 2.59. The number of amides is 1. The van der Waals surface area contributed by atoms with Crippen molar-refractivity contribution in [1.82, 2.24) is 15.1 Å². The maximum absolute atomic E-state index is 13.2. The Morgan fingerprint density at radius 2 is 1.88 bits per heavy atom. The van der Waals surface area contributed by atoms with Gasteiger partial charge in [0.1, 0.15) is 5.82 Å². The van der Waals surface area contributed by atoms with Gasteiger partial charge in [0, 0.05) is 37.9 Å². The largest absolute Gasteiger partial charge is 0.360 e. The molecule has 5 nitrogen and oxygen atoms in total. The SMILES string of the molecule is O=C(CN1CCN(C(=S)NC2CCCCC2)CC1)Nc1cccc(F)c1. The minimum Gasteiger partial charge on any atom is -0.360 e. The van der Waals surface area contributed by atoms with Crippen LogP contribution in [0.25, 0.3) is 0 Å². The zero-order valence-corrected chi connectivity index (χ0v) is 15.9. The van der Waals surface area contributed by atoms with Crippen LogP contribution < -0.4 is 10.6 Å². The van der Waals surface area contributed by atoms with Gasteiger partial charge in [-0.2, -0.15) is 0 Å². The van der Waals surface area contributed by atoms with Gasteiger partial charge >= 0.3 is 0 Å². The highest BCUT2D eigenvalue weighted by atomic mass is 32.1. The minimum atomic E-state index is -0.351. The molecule has 0 atom stereocenters. The third kappa shape index (κ3) is 5.64. The quantitative estimate of drug-likeness (QED) is 0.789. The van der Waals surface area contributed by atoms with Crippen LogP contribution in [0.1, 0.15) is 32.1 Å². The van der Waals surface area contributed by atoms with Crippen LogP contribution in [-0.2, 0) is 4.79 Å². The first kappa shape index (κ1) is 19.0. The number of hydrogen-bond acceptors (Lipinski definition) is 3. The zero-order chi connectivity index (χ0) is 18.4. The highest BCUT2D eigenvalue weighted by Gasteiger charge is 2.22. The van der Waals surface area contributed by atoms with Crippen LogP contribution in [0.2, 0.25) is 0 Å². The van der Waals surface area contributed by atoms with Crippen molar-refractivity contribution in [2.24, 2.45) is 0 Å². The number of hydrogen-bond donors (Lipinski definition) is 2. The summed E-state index contributed by atoms with van der Waals surface area (Å²) >= 11 is 5.56. The first-order valence-electron chi connectivity index (χ1n) is 9.43. The third-order valence-corrected chi connectivity index (χ3v) is 5.44. The molecule has 0 radical (unpaired) electrons. The standard InChI is InChI=1S/C19H27FN4OS/c20-15-5-4-8-17(13-15)21-18(25)14-23-9-11-24(12-10-23)19(26)22-16-6-2-1-3-7-16/h4-5,8,13,16H,1-3,6-7,9-12,14H2,(H,21,25)(H,22,26). The number of carbonyl (C=O) groups excluding carboxylic acids is 1. The van der Waals surface area contributed by atoms with Crippen molar-refractivity contribution in [3.05, 3.63) is 30.1 Å². The van der Waals surface area contributed by atoms with Crippen molar-refractivity contribution in [2.45, 2.75) is 38.1 Å². The van der Waals surface area contributed by atoms with Crippen molar-refractivity contribution in [2.75, 3.05) is 38.0 Å². The molecule has 0 unspecified atom stereocenters. The van der Waals surface area contributed by atoms with E-state index < -0.39 is 0 Å². The van der Waals surface area contributed by atoms with Crippen LogP contribution in [0.4, 0.5) is 10.1 Å². The molecule has 142 valence electrons. The number of nitrogens with one attached hydrogen (secondary N) is 2. The summed E-state index contributed by atoms with van der Waals surface area (Å²) in [6.45, 7) is 3.55. The van der Waals surface area contributed by atoms with Crippen LogP contribution >= 0.6 is 12.2 Å². The second-order valence-electron chi connectivity index (χ2n) is 7.11. The Morgan fingerprint density at radius 3 is 2.58 bits per heavy atom. The lowest BCUT2D eigenvalue weighted by atomic mass is 9.96. The van der Waals surface area contributed by atoms with E-state index in [9.17, 15) is 9.18 Å². The smallest absolute Gasteiger partial charge is 0.238 e. The highest BCUT2D eigenvalue weighted by molar-refractivity contribution is 7.80. The van der Waals surface area contributed by atoms with Crippen molar-refractivity contribution < 1.29 is 9.18 Å². The third-order valence-electron chi connectivity index (χ3n) is 5.07. The van der Waals surface area contributed by atoms with Crippen LogP contribution in [0.3, 0.4) is 0 Å². The van der Waals surface area contributed by atoms with E-state index in [-0.39, 0.29) is 11.7 Å². The molecule has 1 heterocycles. The molecule has 2 aliphatic rings. The Bertz CT molecular complexity index is 628. The number of carbonyl (C=O) groups is 1. The summed E-state index contributed by atoms with van der Waals surface area (Å²) < 4.78 is 13.2. The number of benzene rings is 1. The van der Waals surface area contributed by atoms with Gasteiger partial charge in [0.05, 0.1) is 6.54 Å². The summed E-state index contributed by atoms with van der Waals surface area (Å²) in [6.07, 6.45) is 6.32. The summed E-state index contributed by atoms with van der Waals surface area (Å²) in [5.74, 6) is -0.470. The van der Waals surface area contributed by atoms with Gasteiger partial charge in [0.2, 0.25) is 5.91 Å². The molecule has 1 aliphatic carbocycles. The maximum atomic E-state index is 13.2. The van der Waals surface area contributed by atoms with Crippen LogP contribution in [0, 0.1) is 5.82 Å². The topological polar surface area (TPSA) is 47.6 Å². The Morgan fingerprint density at radius 1 is 1.15 bits per heavy atom. The zero-order valence-electron chi connectivity index (χ0n) is 15.0. The van der Waals surface area contributed by atoms with Gasteiger partial charge in [-0.05, 0) is 43.3 Å². The lowest BCUT2D eigenvalue weighted by molar-refractivity contribution is -0.117. The molecule has 1 amide bonds. The van der Waals surface area contributed by atoms with Crippen molar-refractivity contribution in [1.29, 1.82) is 0 Å². The van der Waals surface area contributed by atoms with E-state index in [1.165, 1.54) is 44.2 Å². The second-order valence-corrected chi connectivity index (χ2v) is 7.49. The summed E-state index contributed by atoms with van der Waals surface area (Å²) in [4.78, 5) is 16.4. The average Bonchev–Trinajstić information content (AvgIpc) is 2.63. The van der Waals surface area contributed by atoms with Crippen LogP contribution in [0.15, 0.2) is 24.3 Å². The number of anilines is 1. The van der Waals surface area contributed by atoms with E-state index in [0.717, 1.165) is 31.3 Å². The molecule has 1 aromatic rings. The molecular formula is C19H27FN4OS. The maximum Gasteiger partial charge on any atom is 0.238 e. The number of piperazine rings is 1. The fraction of sp³-hybridized carbons (Fsp3) is 0.579. The molecule has 2 fully saturated rings. The lowest BCUT2D eigenvalue weighted by Crippen LogP contribution is -2.54. The molecule has 0 bridgehead atoms. The van der Waals surface area contributed by atoms with E-state index in [4.69, 9.17) is 12.2 Å². The average molecular weight is 379 g/mol. The number of thiocarbonyl (C=S) groups is 1. The number of halogens is 1. The number of rotatable bonds is 4. The fourth-order valence-corrected chi connectivity index (χ4v) is 3.94. The van der Waals surface area contributed by atoms with E-state index in [0.29, 0.717) is 18.3 Å². The van der Waals surface area contributed by atoms with Gasteiger partial charge in [-0.25, -0.2) is 4.39 Å². The molecule has 1 aliphatic heterocycles.